The third-order valence-corrected chi connectivity index (χ3v) is 3.91. The number of carbonyl (C=O) groups excluding carboxylic acids is 1. The van der Waals surface area contributed by atoms with E-state index in [2.05, 4.69) is 9.88 Å². The first kappa shape index (κ1) is 15.8. The largest absolute Gasteiger partial charge is 0.462 e. The summed E-state index contributed by atoms with van der Waals surface area (Å²) >= 11 is 0. The number of anilines is 1. The monoisotopic (exact) mass is 318 g/mol. The summed E-state index contributed by atoms with van der Waals surface area (Å²) in [5.74, 6) is 1.21. The van der Waals surface area contributed by atoms with Gasteiger partial charge in [0.05, 0.1) is 25.2 Å². The Bertz CT molecular complexity index is 702. The maximum atomic E-state index is 12.3. The summed E-state index contributed by atoms with van der Waals surface area (Å²) in [6.07, 6.45) is 0. The van der Waals surface area contributed by atoms with E-state index < -0.39 is 0 Å². The molecule has 0 spiro atoms. The summed E-state index contributed by atoms with van der Waals surface area (Å²) in [5, 5.41) is 0.712. The van der Waals surface area contributed by atoms with Crippen LogP contribution in [0.5, 0.6) is 0 Å². The second-order valence-corrected chi connectivity index (χ2v) is 5.84. The Morgan fingerprint density at radius 2 is 2.09 bits per heavy atom. The number of furan rings is 1. The average Bonchev–Trinajstić information content (AvgIpc) is 2.95. The van der Waals surface area contributed by atoms with Crippen LogP contribution in [0, 0.1) is 0 Å². The highest BCUT2D eigenvalue weighted by Crippen LogP contribution is 2.32. The topological polar surface area (TPSA) is 64.8 Å². The smallest absolute Gasteiger partial charge is 0.342 e. The molecule has 124 valence electrons. The van der Waals surface area contributed by atoms with E-state index in [0.29, 0.717) is 42.2 Å². The highest BCUT2D eigenvalue weighted by Gasteiger charge is 2.25. The number of nitrogens with zero attached hydrogens (tertiary/aromatic N) is 2. The van der Waals surface area contributed by atoms with E-state index in [9.17, 15) is 4.79 Å². The van der Waals surface area contributed by atoms with Crippen molar-refractivity contribution in [1.82, 2.24) is 4.98 Å². The minimum atomic E-state index is -0.351. The number of ether oxygens (including phenoxy) is 2. The van der Waals surface area contributed by atoms with Crippen LogP contribution in [0.1, 0.15) is 42.8 Å². The quantitative estimate of drug-likeness (QED) is 0.808. The first-order valence-corrected chi connectivity index (χ1v) is 8.05. The molecule has 1 saturated heterocycles. The molecular weight excluding hydrogens is 296 g/mol. The fourth-order valence-corrected chi connectivity index (χ4v) is 2.78. The van der Waals surface area contributed by atoms with Crippen LogP contribution < -0.4 is 4.90 Å². The van der Waals surface area contributed by atoms with Crippen molar-refractivity contribution < 1.29 is 18.7 Å². The molecule has 3 heterocycles. The normalized spacial score (nSPS) is 15.4. The zero-order valence-electron chi connectivity index (χ0n) is 13.8. The van der Waals surface area contributed by atoms with Crippen molar-refractivity contribution in [2.75, 3.05) is 37.8 Å². The van der Waals surface area contributed by atoms with Crippen molar-refractivity contribution in [2.24, 2.45) is 0 Å². The van der Waals surface area contributed by atoms with Gasteiger partial charge in [-0.25, -0.2) is 4.79 Å². The molecule has 6 nitrogen and oxygen atoms in total. The van der Waals surface area contributed by atoms with Crippen molar-refractivity contribution >= 4 is 22.9 Å². The molecule has 0 N–H and O–H groups in total. The number of aromatic nitrogens is 1. The molecule has 0 radical (unpaired) electrons. The summed E-state index contributed by atoms with van der Waals surface area (Å²) in [4.78, 5) is 19.1. The molecule has 2 aromatic heterocycles. The highest BCUT2D eigenvalue weighted by molar-refractivity contribution is 6.04. The first-order chi connectivity index (χ1) is 11.1. The molecule has 0 saturated carbocycles. The molecule has 0 aromatic carbocycles. The summed E-state index contributed by atoms with van der Waals surface area (Å²) < 4.78 is 16.4. The van der Waals surface area contributed by atoms with Crippen LogP contribution in [-0.2, 0) is 9.47 Å². The zero-order chi connectivity index (χ0) is 16.4. The highest BCUT2D eigenvalue weighted by atomic mass is 16.5. The van der Waals surface area contributed by atoms with Crippen LogP contribution in [0.4, 0.5) is 5.82 Å². The number of hydrogen-bond donors (Lipinski definition) is 0. The van der Waals surface area contributed by atoms with Crippen LogP contribution in [0.25, 0.3) is 11.1 Å². The van der Waals surface area contributed by atoms with Gasteiger partial charge in [0.1, 0.15) is 17.1 Å². The Hall–Kier alpha value is -2.08. The van der Waals surface area contributed by atoms with Gasteiger partial charge >= 0.3 is 5.97 Å². The van der Waals surface area contributed by atoms with E-state index in [1.54, 1.807) is 6.92 Å². The van der Waals surface area contributed by atoms with Crippen molar-refractivity contribution in [1.29, 1.82) is 0 Å². The van der Waals surface area contributed by atoms with E-state index >= 15 is 0 Å². The van der Waals surface area contributed by atoms with Crippen LogP contribution in [0.2, 0.25) is 0 Å². The van der Waals surface area contributed by atoms with Crippen LogP contribution in [-0.4, -0.2) is 43.9 Å². The summed E-state index contributed by atoms with van der Waals surface area (Å²) in [6.45, 7) is 9.12. The van der Waals surface area contributed by atoms with Gasteiger partial charge in [-0.2, -0.15) is 4.98 Å². The van der Waals surface area contributed by atoms with Gasteiger partial charge in [-0.3, -0.25) is 0 Å². The summed E-state index contributed by atoms with van der Waals surface area (Å²) in [6, 6.07) is 3.82. The van der Waals surface area contributed by atoms with E-state index in [4.69, 9.17) is 13.9 Å². The third-order valence-electron chi connectivity index (χ3n) is 3.91. The molecule has 1 aliphatic rings. The van der Waals surface area contributed by atoms with E-state index in [0.717, 1.165) is 18.9 Å². The van der Waals surface area contributed by atoms with Crippen LogP contribution in [0.3, 0.4) is 0 Å². The Morgan fingerprint density at radius 1 is 1.35 bits per heavy atom. The number of esters is 1. The first-order valence-electron chi connectivity index (χ1n) is 8.05. The molecular formula is C17H22N2O4. The van der Waals surface area contributed by atoms with Gasteiger partial charge in [0, 0.05) is 19.0 Å². The molecule has 6 heteroatoms. The predicted molar refractivity (Wildman–Crippen MR) is 87.1 cm³/mol. The molecule has 0 aliphatic carbocycles. The number of morpholine rings is 1. The number of pyridine rings is 1. The predicted octanol–water partition coefficient (Wildman–Crippen LogP) is 2.96. The minimum absolute atomic E-state index is 0.0791. The van der Waals surface area contributed by atoms with E-state index in [-0.39, 0.29) is 11.9 Å². The minimum Gasteiger partial charge on any atom is -0.462 e. The van der Waals surface area contributed by atoms with Gasteiger partial charge in [0.2, 0.25) is 5.71 Å². The maximum absolute atomic E-state index is 12.3. The number of carbonyl (C=O) groups is 1. The molecule has 23 heavy (non-hydrogen) atoms. The number of rotatable bonds is 4. The second kappa shape index (κ2) is 6.58. The van der Waals surface area contributed by atoms with Gasteiger partial charge in [-0.15, -0.1) is 0 Å². The molecule has 0 bridgehead atoms. The molecule has 2 aromatic rings. The maximum Gasteiger partial charge on any atom is 0.342 e. The van der Waals surface area contributed by atoms with Gasteiger partial charge in [-0.1, -0.05) is 13.8 Å². The van der Waals surface area contributed by atoms with Crippen molar-refractivity contribution in [2.45, 2.75) is 26.7 Å². The standard InChI is InChI=1S/C17H22N2O4/c1-4-22-17(20)14-12-5-6-13(19-7-9-21-10-8-19)18-16(12)23-15(14)11(2)3/h5-6,11H,4,7-10H2,1-3H3. The van der Waals surface area contributed by atoms with Crippen molar-refractivity contribution in [3.8, 4) is 0 Å². The lowest BCUT2D eigenvalue weighted by atomic mass is 10.0. The Kier molecular flexibility index (Phi) is 4.52. The molecule has 0 atom stereocenters. The molecule has 1 aliphatic heterocycles. The Labute approximate surface area is 135 Å². The number of hydrogen-bond acceptors (Lipinski definition) is 6. The van der Waals surface area contributed by atoms with Crippen molar-refractivity contribution in [3.05, 3.63) is 23.5 Å². The molecule has 0 unspecified atom stereocenters. The number of fused-ring (bicyclic) bond motifs is 1. The van der Waals surface area contributed by atoms with Gasteiger partial charge in [0.25, 0.3) is 0 Å². The average molecular weight is 318 g/mol. The van der Waals surface area contributed by atoms with Gasteiger partial charge < -0.3 is 18.8 Å². The Balaban J connectivity index is 2.04. The second-order valence-electron chi connectivity index (χ2n) is 5.84. The lowest BCUT2D eigenvalue weighted by molar-refractivity contribution is 0.0525. The molecule has 0 amide bonds. The fourth-order valence-electron chi connectivity index (χ4n) is 2.78. The van der Waals surface area contributed by atoms with Gasteiger partial charge in [-0.05, 0) is 19.1 Å². The van der Waals surface area contributed by atoms with Crippen LogP contribution >= 0.6 is 0 Å². The Morgan fingerprint density at radius 3 is 2.74 bits per heavy atom. The summed E-state index contributed by atoms with van der Waals surface area (Å²) in [7, 11) is 0. The van der Waals surface area contributed by atoms with Crippen molar-refractivity contribution in [3.63, 3.8) is 0 Å². The van der Waals surface area contributed by atoms with E-state index in [1.165, 1.54) is 0 Å². The third kappa shape index (κ3) is 3.03. The lowest BCUT2D eigenvalue weighted by Crippen LogP contribution is -2.36. The van der Waals surface area contributed by atoms with Crippen LogP contribution in [0.15, 0.2) is 16.5 Å². The molecule has 1 fully saturated rings. The molecule has 3 rings (SSSR count). The van der Waals surface area contributed by atoms with Gasteiger partial charge in [0.15, 0.2) is 0 Å². The SMILES string of the molecule is CCOC(=O)c1c(C(C)C)oc2nc(N3CCOCC3)ccc12. The fraction of sp³-hybridized carbons (Fsp3) is 0.529. The lowest BCUT2D eigenvalue weighted by Gasteiger charge is -2.27. The summed E-state index contributed by atoms with van der Waals surface area (Å²) in [5.41, 5.74) is 0.985. The zero-order valence-corrected chi connectivity index (χ0v) is 13.8. The van der Waals surface area contributed by atoms with E-state index in [1.807, 2.05) is 26.0 Å².